The summed E-state index contributed by atoms with van der Waals surface area (Å²) in [5.74, 6) is 0. The van der Waals surface area contributed by atoms with E-state index in [9.17, 15) is 13.0 Å². The van der Waals surface area contributed by atoms with E-state index in [4.69, 9.17) is 0 Å². The third kappa shape index (κ3) is 6.49. The SMILES string of the molecule is CCCCCCCCCc1cc(S(=O)(=O)[O-])c2ccccc2c1.[Na+]. The molecule has 2 rings (SSSR count). The van der Waals surface area contributed by atoms with E-state index in [1.807, 2.05) is 18.2 Å². The van der Waals surface area contributed by atoms with Gasteiger partial charge < -0.3 is 4.55 Å². The summed E-state index contributed by atoms with van der Waals surface area (Å²) in [6, 6.07) is 10.7. The van der Waals surface area contributed by atoms with Crippen molar-refractivity contribution in [3.05, 3.63) is 42.0 Å². The van der Waals surface area contributed by atoms with Crippen LogP contribution in [-0.4, -0.2) is 13.0 Å². The minimum Gasteiger partial charge on any atom is -0.744 e. The molecule has 0 aliphatic heterocycles. The molecule has 0 fully saturated rings. The zero-order valence-corrected chi connectivity index (χ0v) is 17.6. The largest absolute Gasteiger partial charge is 1.00 e. The number of unbranched alkanes of at least 4 members (excludes halogenated alkanes) is 6. The summed E-state index contributed by atoms with van der Waals surface area (Å²) in [6.45, 7) is 2.21. The number of aryl methyl sites for hydroxylation is 1. The first-order chi connectivity index (χ1) is 11.0. The minimum absolute atomic E-state index is 0. The molecule has 0 amide bonds. The van der Waals surface area contributed by atoms with Crippen LogP contribution in [0.3, 0.4) is 0 Å². The van der Waals surface area contributed by atoms with Crippen LogP contribution < -0.4 is 29.6 Å². The van der Waals surface area contributed by atoms with E-state index in [1.165, 1.54) is 32.1 Å². The fourth-order valence-corrected chi connectivity index (χ4v) is 3.72. The first-order valence-corrected chi connectivity index (χ1v) is 9.91. The maximum Gasteiger partial charge on any atom is 1.00 e. The molecular formula is C19H25NaO3S. The number of benzene rings is 2. The Morgan fingerprint density at radius 1 is 0.917 bits per heavy atom. The van der Waals surface area contributed by atoms with Gasteiger partial charge in [-0.15, -0.1) is 0 Å². The fraction of sp³-hybridized carbons (Fsp3) is 0.474. The number of rotatable bonds is 9. The molecular weight excluding hydrogens is 331 g/mol. The predicted molar refractivity (Wildman–Crippen MR) is 93.6 cm³/mol. The Morgan fingerprint density at radius 2 is 1.54 bits per heavy atom. The summed E-state index contributed by atoms with van der Waals surface area (Å²) in [5.41, 5.74) is 0.937. The molecule has 3 nitrogen and oxygen atoms in total. The standard InChI is InChI=1S/C19H26O3S.Na/c1-2-3-4-5-6-7-8-11-16-14-17-12-9-10-13-18(17)19(15-16)23(20,21)22;/h9-10,12-15H,2-8,11H2,1H3,(H,20,21,22);/q;+1/p-1. The Labute approximate surface area is 167 Å². The molecule has 2 aromatic carbocycles. The maximum absolute atomic E-state index is 11.5. The summed E-state index contributed by atoms with van der Waals surface area (Å²) in [7, 11) is -4.45. The van der Waals surface area contributed by atoms with Gasteiger partial charge in [0.15, 0.2) is 0 Å². The second kappa shape index (κ2) is 10.6. The van der Waals surface area contributed by atoms with E-state index in [2.05, 4.69) is 6.92 Å². The third-order valence-corrected chi connectivity index (χ3v) is 5.10. The normalized spacial score (nSPS) is 11.4. The number of hydrogen-bond acceptors (Lipinski definition) is 3. The second-order valence-corrected chi connectivity index (χ2v) is 7.49. The van der Waals surface area contributed by atoms with Gasteiger partial charge in [-0.2, -0.15) is 0 Å². The molecule has 0 N–H and O–H groups in total. The first-order valence-electron chi connectivity index (χ1n) is 8.50. The van der Waals surface area contributed by atoms with Crippen molar-refractivity contribution in [2.75, 3.05) is 0 Å². The average Bonchev–Trinajstić information content (AvgIpc) is 2.52. The Balaban J connectivity index is 0.00000288. The van der Waals surface area contributed by atoms with Gasteiger partial charge in [-0.3, -0.25) is 0 Å². The van der Waals surface area contributed by atoms with Gasteiger partial charge >= 0.3 is 29.6 Å². The van der Waals surface area contributed by atoms with Gasteiger partial charge in [-0.05, 0) is 35.2 Å². The summed E-state index contributed by atoms with van der Waals surface area (Å²) in [6.07, 6.45) is 9.34. The van der Waals surface area contributed by atoms with E-state index in [0.29, 0.717) is 5.39 Å². The van der Waals surface area contributed by atoms with Gasteiger partial charge in [0.25, 0.3) is 0 Å². The number of fused-ring (bicyclic) bond motifs is 1. The van der Waals surface area contributed by atoms with E-state index < -0.39 is 10.1 Å². The Hall–Kier alpha value is -0.390. The van der Waals surface area contributed by atoms with Gasteiger partial charge in [0, 0.05) is 0 Å². The minimum atomic E-state index is -4.45. The van der Waals surface area contributed by atoms with Crippen molar-refractivity contribution in [1.29, 1.82) is 0 Å². The van der Waals surface area contributed by atoms with Crippen molar-refractivity contribution in [2.45, 2.75) is 63.2 Å². The molecule has 5 heteroatoms. The Bertz CT molecular complexity index is 741. The van der Waals surface area contributed by atoms with Crippen molar-refractivity contribution in [2.24, 2.45) is 0 Å². The molecule has 126 valence electrons. The van der Waals surface area contributed by atoms with Crippen molar-refractivity contribution in [3.63, 3.8) is 0 Å². The van der Waals surface area contributed by atoms with Crippen LogP contribution in [0.2, 0.25) is 0 Å². The van der Waals surface area contributed by atoms with Crippen LogP contribution in [0.15, 0.2) is 41.3 Å². The molecule has 0 aromatic heterocycles. The zero-order valence-electron chi connectivity index (χ0n) is 14.8. The first kappa shape index (κ1) is 21.7. The summed E-state index contributed by atoms with van der Waals surface area (Å²) in [5, 5.41) is 1.34. The summed E-state index contributed by atoms with van der Waals surface area (Å²) in [4.78, 5) is -0.0893. The van der Waals surface area contributed by atoms with E-state index in [1.54, 1.807) is 18.2 Å². The van der Waals surface area contributed by atoms with Crippen molar-refractivity contribution in [1.82, 2.24) is 0 Å². The van der Waals surface area contributed by atoms with E-state index in [0.717, 1.165) is 30.2 Å². The van der Waals surface area contributed by atoms with Crippen LogP contribution >= 0.6 is 0 Å². The number of hydrogen-bond donors (Lipinski definition) is 0. The zero-order chi connectivity index (χ0) is 16.7. The maximum atomic E-state index is 11.5. The summed E-state index contributed by atoms with van der Waals surface area (Å²) < 4.78 is 34.6. The molecule has 0 spiro atoms. The molecule has 0 unspecified atom stereocenters. The average molecular weight is 356 g/mol. The van der Waals surface area contributed by atoms with Gasteiger partial charge in [-0.25, -0.2) is 8.42 Å². The molecule has 24 heavy (non-hydrogen) atoms. The summed E-state index contributed by atoms with van der Waals surface area (Å²) >= 11 is 0. The van der Waals surface area contributed by atoms with Gasteiger partial charge in [0.1, 0.15) is 10.1 Å². The molecule has 0 atom stereocenters. The molecule has 0 aliphatic carbocycles. The Morgan fingerprint density at radius 3 is 2.21 bits per heavy atom. The molecule has 2 aromatic rings. The molecule has 0 saturated carbocycles. The third-order valence-electron chi connectivity index (χ3n) is 4.22. The van der Waals surface area contributed by atoms with Gasteiger partial charge in [0.2, 0.25) is 0 Å². The monoisotopic (exact) mass is 356 g/mol. The van der Waals surface area contributed by atoms with Crippen LogP contribution in [-0.2, 0) is 16.5 Å². The topological polar surface area (TPSA) is 57.2 Å². The van der Waals surface area contributed by atoms with Crippen LogP contribution in [0, 0.1) is 0 Å². The van der Waals surface area contributed by atoms with Crippen LogP contribution in [0.4, 0.5) is 0 Å². The predicted octanol–water partition coefficient (Wildman–Crippen LogP) is 2.04. The Kier molecular flexibility index (Phi) is 9.53. The van der Waals surface area contributed by atoms with Crippen LogP contribution in [0.25, 0.3) is 10.8 Å². The molecule has 0 saturated heterocycles. The molecule has 0 bridgehead atoms. The fourth-order valence-electron chi connectivity index (χ4n) is 2.97. The molecule has 0 radical (unpaired) electrons. The molecule has 0 aliphatic rings. The van der Waals surface area contributed by atoms with Crippen molar-refractivity contribution >= 4 is 20.9 Å². The quantitative estimate of drug-likeness (QED) is 0.392. The van der Waals surface area contributed by atoms with E-state index >= 15 is 0 Å². The van der Waals surface area contributed by atoms with Crippen molar-refractivity contribution in [3.8, 4) is 0 Å². The van der Waals surface area contributed by atoms with E-state index in [-0.39, 0.29) is 34.5 Å². The van der Waals surface area contributed by atoms with Gasteiger partial charge in [-0.1, -0.05) is 75.8 Å². The smallest absolute Gasteiger partial charge is 0.744 e. The van der Waals surface area contributed by atoms with Crippen molar-refractivity contribution < 1.29 is 42.5 Å². The van der Waals surface area contributed by atoms with Crippen LogP contribution in [0.1, 0.15) is 57.4 Å². The van der Waals surface area contributed by atoms with Crippen LogP contribution in [0.5, 0.6) is 0 Å². The second-order valence-electron chi connectivity index (χ2n) is 6.14. The van der Waals surface area contributed by atoms with Gasteiger partial charge in [0.05, 0.1) is 4.90 Å². The molecule has 0 heterocycles.